The van der Waals surface area contributed by atoms with Crippen LogP contribution in [0.5, 0.6) is 0 Å². The molecule has 0 aliphatic heterocycles. The number of benzene rings is 1. The molecule has 2 N–H and O–H groups in total. The van der Waals surface area contributed by atoms with Crippen molar-refractivity contribution < 1.29 is 4.39 Å². The fourth-order valence-electron chi connectivity index (χ4n) is 2.10. The number of halogens is 1. The van der Waals surface area contributed by atoms with E-state index in [4.69, 9.17) is 5.73 Å². The molecule has 2 rings (SSSR count). The van der Waals surface area contributed by atoms with Gasteiger partial charge in [-0.2, -0.15) is 5.10 Å². The maximum Gasteiger partial charge on any atom is 0.151 e. The molecule has 19 heavy (non-hydrogen) atoms. The first-order valence-electron chi connectivity index (χ1n) is 6.63. The molecule has 0 unspecified atom stereocenters. The van der Waals surface area contributed by atoms with Gasteiger partial charge in [0, 0.05) is 18.4 Å². The van der Waals surface area contributed by atoms with Gasteiger partial charge in [-0.15, -0.1) is 0 Å². The molecular weight excluding hydrogens is 243 g/mol. The summed E-state index contributed by atoms with van der Waals surface area (Å²) in [4.78, 5) is 4.45. The normalized spacial score (nSPS) is 10.9. The van der Waals surface area contributed by atoms with Crippen LogP contribution in [0, 0.1) is 5.82 Å². The van der Waals surface area contributed by atoms with Crippen LogP contribution in [0.15, 0.2) is 18.2 Å². The van der Waals surface area contributed by atoms with Gasteiger partial charge in [0.15, 0.2) is 5.82 Å². The predicted octanol–water partition coefficient (Wildman–Crippen LogP) is 2.03. The Balaban J connectivity index is 2.57. The topological polar surface area (TPSA) is 56.7 Å². The lowest BCUT2D eigenvalue weighted by Gasteiger charge is -2.11. The highest BCUT2D eigenvalue weighted by Crippen LogP contribution is 2.19. The van der Waals surface area contributed by atoms with Gasteiger partial charge in [-0.3, -0.25) is 0 Å². The highest BCUT2D eigenvalue weighted by atomic mass is 19.1. The molecule has 0 spiro atoms. The Hall–Kier alpha value is -1.75. The molecule has 0 atom stereocenters. The van der Waals surface area contributed by atoms with E-state index in [0.717, 1.165) is 30.2 Å². The van der Waals surface area contributed by atoms with E-state index < -0.39 is 0 Å². The molecule has 0 radical (unpaired) electrons. The summed E-state index contributed by atoms with van der Waals surface area (Å²) in [5.74, 6) is 1.39. The van der Waals surface area contributed by atoms with E-state index >= 15 is 0 Å². The van der Waals surface area contributed by atoms with E-state index in [2.05, 4.69) is 10.1 Å². The standard InChI is InChI=1S/C14H19FN4/c1-3-13-17-14(4-2)19(18-13)12-7-5-6-11(15)10(12)8-9-16/h5-7H,3-4,8-9,16H2,1-2H3. The van der Waals surface area contributed by atoms with Gasteiger partial charge in [-0.05, 0) is 25.1 Å². The van der Waals surface area contributed by atoms with Crippen LogP contribution < -0.4 is 5.73 Å². The Labute approximate surface area is 112 Å². The van der Waals surface area contributed by atoms with Crippen LogP contribution in [-0.2, 0) is 19.3 Å². The van der Waals surface area contributed by atoms with Gasteiger partial charge in [0.25, 0.3) is 0 Å². The van der Waals surface area contributed by atoms with E-state index in [1.807, 2.05) is 19.9 Å². The molecule has 5 heteroatoms. The van der Waals surface area contributed by atoms with Crippen LogP contribution in [0.4, 0.5) is 4.39 Å². The molecule has 0 saturated heterocycles. The van der Waals surface area contributed by atoms with Crippen LogP contribution >= 0.6 is 0 Å². The van der Waals surface area contributed by atoms with Crippen LogP contribution in [-0.4, -0.2) is 21.3 Å². The van der Waals surface area contributed by atoms with Crippen molar-refractivity contribution in [2.45, 2.75) is 33.1 Å². The van der Waals surface area contributed by atoms with Gasteiger partial charge >= 0.3 is 0 Å². The summed E-state index contributed by atoms with van der Waals surface area (Å²) in [6, 6.07) is 5.01. The molecule has 4 nitrogen and oxygen atoms in total. The molecule has 102 valence electrons. The van der Waals surface area contributed by atoms with Gasteiger partial charge in [0.1, 0.15) is 11.6 Å². The lowest BCUT2D eigenvalue weighted by Crippen LogP contribution is -2.11. The Bertz CT molecular complexity index is 563. The van der Waals surface area contributed by atoms with Gasteiger partial charge < -0.3 is 5.73 Å². The zero-order valence-corrected chi connectivity index (χ0v) is 11.4. The van der Waals surface area contributed by atoms with Crippen LogP contribution in [0.2, 0.25) is 0 Å². The highest BCUT2D eigenvalue weighted by Gasteiger charge is 2.14. The molecule has 2 aromatic rings. The maximum absolute atomic E-state index is 13.9. The van der Waals surface area contributed by atoms with Gasteiger partial charge in [-0.1, -0.05) is 19.9 Å². The lowest BCUT2D eigenvalue weighted by molar-refractivity contribution is 0.604. The van der Waals surface area contributed by atoms with Crippen LogP contribution in [0.1, 0.15) is 31.1 Å². The largest absolute Gasteiger partial charge is 0.330 e. The van der Waals surface area contributed by atoms with Crippen LogP contribution in [0.3, 0.4) is 0 Å². The molecule has 0 amide bonds. The van der Waals surface area contributed by atoms with E-state index in [-0.39, 0.29) is 5.82 Å². The van der Waals surface area contributed by atoms with E-state index in [0.29, 0.717) is 18.5 Å². The van der Waals surface area contributed by atoms with Crippen molar-refractivity contribution in [2.75, 3.05) is 6.54 Å². The van der Waals surface area contributed by atoms with Gasteiger partial charge in [0.2, 0.25) is 0 Å². The SMILES string of the molecule is CCc1nc(CC)n(-c2cccc(F)c2CCN)n1. The molecule has 0 fully saturated rings. The minimum atomic E-state index is -0.237. The quantitative estimate of drug-likeness (QED) is 0.897. The Morgan fingerprint density at radius 3 is 2.68 bits per heavy atom. The third-order valence-corrected chi connectivity index (χ3v) is 3.07. The molecule has 0 aliphatic rings. The molecule has 0 bridgehead atoms. The monoisotopic (exact) mass is 262 g/mol. The number of aromatic nitrogens is 3. The van der Waals surface area contributed by atoms with E-state index in [1.165, 1.54) is 6.07 Å². The Kier molecular flexibility index (Phi) is 4.27. The molecule has 1 aromatic heterocycles. The summed E-state index contributed by atoms with van der Waals surface area (Å²) in [6.45, 7) is 4.43. The fourth-order valence-corrected chi connectivity index (χ4v) is 2.10. The van der Waals surface area contributed by atoms with Crippen molar-refractivity contribution in [3.63, 3.8) is 0 Å². The average molecular weight is 262 g/mol. The second kappa shape index (κ2) is 5.93. The lowest BCUT2D eigenvalue weighted by atomic mass is 10.1. The van der Waals surface area contributed by atoms with Crippen LogP contribution in [0.25, 0.3) is 5.69 Å². The summed E-state index contributed by atoms with van der Waals surface area (Å²) in [5, 5.41) is 4.45. The number of hydrogen-bond acceptors (Lipinski definition) is 3. The molecule has 1 aromatic carbocycles. The highest BCUT2D eigenvalue weighted by molar-refractivity contribution is 5.42. The van der Waals surface area contributed by atoms with Crippen molar-refractivity contribution >= 4 is 0 Å². The van der Waals surface area contributed by atoms with Crippen molar-refractivity contribution in [1.82, 2.24) is 14.8 Å². The van der Waals surface area contributed by atoms with Crippen molar-refractivity contribution in [3.8, 4) is 5.69 Å². The van der Waals surface area contributed by atoms with E-state index in [9.17, 15) is 4.39 Å². The first kappa shape index (κ1) is 13.7. The average Bonchev–Trinajstić information content (AvgIpc) is 2.84. The fraction of sp³-hybridized carbons (Fsp3) is 0.429. The Morgan fingerprint density at radius 2 is 2.05 bits per heavy atom. The smallest absolute Gasteiger partial charge is 0.151 e. The summed E-state index contributed by atoms with van der Waals surface area (Å²) in [6.07, 6.45) is 2.01. The minimum absolute atomic E-state index is 0.237. The summed E-state index contributed by atoms with van der Waals surface area (Å²) in [5.41, 5.74) is 6.92. The summed E-state index contributed by atoms with van der Waals surface area (Å²) in [7, 11) is 0. The van der Waals surface area contributed by atoms with Gasteiger partial charge in [0.05, 0.1) is 5.69 Å². The van der Waals surface area contributed by atoms with Crippen molar-refractivity contribution in [3.05, 3.63) is 41.2 Å². The summed E-state index contributed by atoms with van der Waals surface area (Å²) < 4.78 is 15.7. The van der Waals surface area contributed by atoms with Crippen molar-refractivity contribution in [2.24, 2.45) is 5.73 Å². The zero-order valence-electron chi connectivity index (χ0n) is 11.4. The number of nitrogens with two attached hydrogens (primary N) is 1. The zero-order chi connectivity index (χ0) is 13.8. The first-order chi connectivity index (χ1) is 9.21. The minimum Gasteiger partial charge on any atom is -0.330 e. The number of rotatable bonds is 5. The van der Waals surface area contributed by atoms with Crippen molar-refractivity contribution in [1.29, 1.82) is 0 Å². The van der Waals surface area contributed by atoms with Gasteiger partial charge in [-0.25, -0.2) is 14.1 Å². The first-order valence-corrected chi connectivity index (χ1v) is 6.63. The summed E-state index contributed by atoms with van der Waals surface area (Å²) >= 11 is 0. The molecule has 0 saturated carbocycles. The Morgan fingerprint density at radius 1 is 1.26 bits per heavy atom. The third-order valence-electron chi connectivity index (χ3n) is 3.07. The number of hydrogen-bond donors (Lipinski definition) is 1. The maximum atomic E-state index is 13.9. The second-order valence-corrected chi connectivity index (χ2v) is 4.34. The molecular formula is C14H19FN4. The number of aryl methyl sites for hydroxylation is 2. The number of nitrogens with zero attached hydrogens (tertiary/aromatic N) is 3. The predicted molar refractivity (Wildman–Crippen MR) is 72.8 cm³/mol. The molecule has 1 heterocycles. The second-order valence-electron chi connectivity index (χ2n) is 4.34. The molecule has 0 aliphatic carbocycles. The third kappa shape index (κ3) is 2.66. The van der Waals surface area contributed by atoms with E-state index in [1.54, 1.807) is 10.7 Å².